The minimum Gasteiger partial charge on any atom is -0.208 e. The van der Waals surface area contributed by atoms with Crippen molar-refractivity contribution in [2.24, 2.45) is 0 Å². The molecule has 62 heavy (non-hydrogen) atoms. The van der Waals surface area contributed by atoms with Crippen LogP contribution in [-0.4, -0.2) is 29.9 Å². The van der Waals surface area contributed by atoms with Crippen LogP contribution in [0.5, 0.6) is 0 Å². The second-order valence-corrected chi connectivity index (χ2v) is 14.7. The highest BCUT2D eigenvalue weighted by molar-refractivity contribution is 5.88. The molecule has 0 saturated heterocycles. The van der Waals surface area contributed by atoms with Crippen LogP contribution < -0.4 is 0 Å². The molecule has 0 spiro atoms. The van der Waals surface area contributed by atoms with Gasteiger partial charge in [0, 0.05) is 33.4 Å². The summed E-state index contributed by atoms with van der Waals surface area (Å²) >= 11 is 0. The van der Waals surface area contributed by atoms with Crippen LogP contribution in [0.15, 0.2) is 212 Å². The van der Waals surface area contributed by atoms with Gasteiger partial charge in [0.15, 0.2) is 34.9 Å². The van der Waals surface area contributed by atoms with Crippen LogP contribution >= 0.6 is 0 Å². The van der Waals surface area contributed by atoms with E-state index >= 15 is 0 Å². The first-order valence-electron chi connectivity index (χ1n) is 20.3. The van der Waals surface area contributed by atoms with Gasteiger partial charge in [0.25, 0.3) is 0 Å². The van der Waals surface area contributed by atoms with E-state index in [4.69, 9.17) is 29.9 Å². The number of rotatable bonds is 9. The maximum absolute atomic E-state index is 10.4. The Bertz CT molecular complexity index is 3120. The van der Waals surface area contributed by atoms with Crippen LogP contribution in [0.2, 0.25) is 0 Å². The summed E-state index contributed by atoms with van der Waals surface area (Å²) in [7, 11) is 0. The molecule has 2 heterocycles. The lowest BCUT2D eigenvalue weighted by Crippen LogP contribution is -2.00. The molecule has 8 aromatic carbocycles. The molecule has 0 aliphatic heterocycles. The van der Waals surface area contributed by atoms with Crippen molar-refractivity contribution in [3.63, 3.8) is 0 Å². The van der Waals surface area contributed by atoms with E-state index in [9.17, 15) is 5.26 Å². The molecule has 0 fully saturated rings. The molecule has 0 atom stereocenters. The highest BCUT2D eigenvalue weighted by atomic mass is 15.0. The van der Waals surface area contributed by atoms with E-state index in [2.05, 4.69) is 48.5 Å². The summed E-state index contributed by atoms with van der Waals surface area (Å²) in [6.07, 6.45) is 0. The fourth-order valence-electron chi connectivity index (χ4n) is 7.54. The smallest absolute Gasteiger partial charge is 0.164 e. The van der Waals surface area contributed by atoms with E-state index in [1.54, 1.807) is 0 Å². The first-order valence-corrected chi connectivity index (χ1v) is 20.3. The molecule has 0 aliphatic carbocycles. The molecule has 7 nitrogen and oxygen atoms in total. The lowest BCUT2D eigenvalue weighted by atomic mass is 9.90. The van der Waals surface area contributed by atoms with Crippen LogP contribution in [0.1, 0.15) is 5.56 Å². The predicted molar refractivity (Wildman–Crippen MR) is 247 cm³/mol. The minimum atomic E-state index is 0.552. The average Bonchev–Trinajstić information content (AvgIpc) is 3.37. The van der Waals surface area contributed by atoms with Crippen molar-refractivity contribution >= 4 is 0 Å². The second-order valence-electron chi connectivity index (χ2n) is 14.7. The van der Waals surface area contributed by atoms with Gasteiger partial charge in [0.1, 0.15) is 0 Å². The quantitative estimate of drug-likeness (QED) is 0.143. The molecule has 290 valence electrons. The monoisotopic (exact) mass is 793 g/mol. The van der Waals surface area contributed by atoms with E-state index in [-0.39, 0.29) is 0 Å². The van der Waals surface area contributed by atoms with Crippen molar-refractivity contribution in [3.05, 3.63) is 218 Å². The van der Waals surface area contributed by atoms with E-state index in [1.165, 1.54) is 0 Å². The Morgan fingerprint density at radius 1 is 0.242 bits per heavy atom. The van der Waals surface area contributed by atoms with Gasteiger partial charge in [-0.15, -0.1) is 0 Å². The average molecular weight is 794 g/mol. The zero-order chi connectivity index (χ0) is 41.7. The first kappa shape index (κ1) is 37.5. The van der Waals surface area contributed by atoms with Gasteiger partial charge in [-0.1, -0.05) is 182 Å². The maximum Gasteiger partial charge on any atom is 0.164 e. The summed E-state index contributed by atoms with van der Waals surface area (Å²) in [5, 5.41) is 10.4. The number of nitriles is 1. The summed E-state index contributed by atoms with van der Waals surface area (Å²) in [6, 6.07) is 73.0. The molecule has 10 aromatic rings. The van der Waals surface area contributed by atoms with Crippen molar-refractivity contribution < 1.29 is 0 Å². The van der Waals surface area contributed by atoms with Crippen LogP contribution in [0, 0.1) is 11.3 Å². The van der Waals surface area contributed by atoms with Crippen molar-refractivity contribution in [1.82, 2.24) is 29.9 Å². The Balaban J connectivity index is 1.04. The Morgan fingerprint density at radius 2 is 0.532 bits per heavy atom. The molecule has 0 saturated carbocycles. The van der Waals surface area contributed by atoms with Gasteiger partial charge in [-0.3, -0.25) is 0 Å². The van der Waals surface area contributed by atoms with E-state index in [0.717, 1.165) is 66.8 Å². The third-order valence-corrected chi connectivity index (χ3v) is 10.6. The molecule has 0 N–H and O–H groups in total. The number of aromatic nitrogens is 6. The van der Waals surface area contributed by atoms with Gasteiger partial charge >= 0.3 is 0 Å². The molecule has 0 radical (unpaired) electrons. The van der Waals surface area contributed by atoms with Crippen LogP contribution in [0.4, 0.5) is 0 Å². The zero-order valence-electron chi connectivity index (χ0n) is 33.3. The van der Waals surface area contributed by atoms with Crippen LogP contribution in [-0.2, 0) is 0 Å². The largest absolute Gasteiger partial charge is 0.208 e. The van der Waals surface area contributed by atoms with Crippen molar-refractivity contribution in [3.8, 4) is 108 Å². The van der Waals surface area contributed by atoms with Crippen LogP contribution in [0.3, 0.4) is 0 Å². The Kier molecular flexibility index (Phi) is 10.2. The summed E-state index contributed by atoms with van der Waals surface area (Å²) in [4.78, 5) is 29.6. The van der Waals surface area contributed by atoms with Gasteiger partial charge in [0.05, 0.1) is 11.6 Å². The molecule has 7 heteroatoms. The molecule has 0 aliphatic rings. The highest BCUT2D eigenvalue weighted by Gasteiger charge is 2.17. The van der Waals surface area contributed by atoms with Gasteiger partial charge in [0.2, 0.25) is 0 Å². The van der Waals surface area contributed by atoms with Crippen molar-refractivity contribution in [2.45, 2.75) is 0 Å². The molecule has 2 aromatic heterocycles. The second kappa shape index (κ2) is 16.9. The number of nitrogens with zero attached hydrogens (tertiary/aromatic N) is 7. The fraction of sp³-hybridized carbons (Fsp3) is 0. The molecule has 0 bridgehead atoms. The molecule has 0 unspecified atom stereocenters. The first-order chi connectivity index (χ1) is 30.6. The van der Waals surface area contributed by atoms with E-state index in [1.807, 2.05) is 170 Å². The van der Waals surface area contributed by atoms with Crippen molar-refractivity contribution in [1.29, 1.82) is 5.26 Å². The summed E-state index contributed by atoms with van der Waals surface area (Å²) in [5.74, 6) is 3.54. The van der Waals surface area contributed by atoms with E-state index in [0.29, 0.717) is 40.5 Å². The number of benzene rings is 8. The molecular weight excluding hydrogens is 759 g/mol. The number of hydrogen-bond acceptors (Lipinski definition) is 7. The summed E-state index contributed by atoms with van der Waals surface area (Å²) < 4.78 is 0. The molecule has 10 rings (SSSR count). The predicted octanol–water partition coefficient (Wildman–Crippen LogP) is 12.9. The van der Waals surface area contributed by atoms with Gasteiger partial charge in [-0.25, -0.2) is 29.9 Å². The lowest BCUT2D eigenvalue weighted by molar-refractivity contribution is 1.07. The molecular formula is C55H35N7. The zero-order valence-corrected chi connectivity index (χ0v) is 33.3. The minimum absolute atomic E-state index is 0.552. The molecule has 0 amide bonds. The van der Waals surface area contributed by atoms with Crippen LogP contribution in [0.25, 0.3) is 102 Å². The Morgan fingerprint density at radius 3 is 0.952 bits per heavy atom. The maximum atomic E-state index is 10.4. The van der Waals surface area contributed by atoms with Gasteiger partial charge in [-0.2, -0.15) is 5.26 Å². The topological polar surface area (TPSA) is 101 Å². The highest BCUT2D eigenvalue weighted by Crippen LogP contribution is 2.37. The SMILES string of the molecule is N#Cc1cc(-c2cccc(-c3nc(-c4ccccc4)nc(-c4ccccc4)n3)c2)cc(-c2ccccc2-c2cccc(-c3nc(-c4ccccc4)nc(-c4ccccc4)n3)c2)c1. The fourth-order valence-corrected chi connectivity index (χ4v) is 7.54. The summed E-state index contributed by atoms with van der Waals surface area (Å²) in [6.45, 7) is 0. The third kappa shape index (κ3) is 7.87. The Hall–Kier alpha value is -8.73. The standard InChI is InChI=1S/C55H35N7/c56-36-37-31-46(42-25-15-27-44(33-42)54-59-50(38-17-5-1-6-18-38)57-51(60-54)39-19-7-2-8-20-39)35-47(32-37)49-30-14-13-29-48(49)43-26-16-28-45(34-43)55-61-52(40-21-9-3-10-22-40)58-53(62-55)41-23-11-4-12-24-41/h1-35H. The normalized spacial score (nSPS) is 10.9. The number of hydrogen-bond donors (Lipinski definition) is 0. The van der Waals surface area contributed by atoms with Crippen molar-refractivity contribution in [2.75, 3.05) is 0 Å². The third-order valence-electron chi connectivity index (χ3n) is 10.6. The van der Waals surface area contributed by atoms with E-state index < -0.39 is 0 Å². The van der Waals surface area contributed by atoms with Gasteiger partial charge in [-0.05, 0) is 63.7 Å². The summed E-state index contributed by atoms with van der Waals surface area (Å²) in [5.41, 5.74) is 11.6. The Labute approximate surface area is 359 Å². The lowest BCUT2D eigenvalue weighted by Gasteiger charge is -2.14. The van der Waals surface area contributed by atoms with Gasteiger partial charge < -0.3 is 0 Å².